The molecule has 0 aromatic carbocycles. The second-order valence-corrected chi connectivity index (χ2v) is 5.73. The number of nitrogens with zero attached hydrogens (tertiary/aromatic N) is 1. The van der Waals surface area contributed by atoms with E-state index in [1.165, 1.54) is 0 Å². The van der Waals surface area contributed by atoms with E-state index < -0.39 is 0 Å². The first kappa shape index (κ1) is 9.37. The Morgan fingerprint density at radius 3 is 2.62 bits per heavy atom. The Hall–Kier alpha value is -0.190. The molecule has 0 aliphatic rings. The van der Waals surface area contributed by atoms with Gasteiger partial charge in [-0.3, -0.25) is 4.98 Å². The number of rotatable bonds is 1. The minimum absolute atomic E-state index is 1.00. The molecule has 0 radical (unpaired) electrons. The smallest absolute Gasteiger partial charge is 0.0813 e. The topological polar surface area (TPSA) is 12.9 Å². The summed E-state index contributed by atoms with van der Waals surface area (Å²) >= 11 is 8.61. The number of pyridine rings is 1. The van der Waals surface area contributed by atoms with Crippen LogP contribution in [-0.4, -0.2) is 4.98 Å². The maximum atomic E-state index is 4.28. The fourth-order valence-electron chi connectivity index (χ4n) is 1.01. The van der Waals surface area contributed by atoms with Crippen molar-refractivity contribution in [1.29, 1.82) is 0 Å². The van der Waals surface area contributed by atoms with Crippen LogP contribution in [0.5, 0.6) is 0 Å². The maximum Gasteiger partial charge on any atom is 0.0813 e. The molecule has 0 bridgehead atoms. The van der Waals surface area contributed by atoms with Gasteiger partial charge in [0, 0.05) is 10.7 Å². The molecule has 0 aliphatic heterocycles. The summed E-state index contributed by atoms with van der Waals surface area (Å²) in [7, 11) is 0. The Kier molecular flexibility index (Phi) is 2.81. The highest BCUT2D eigenvalue weighted by Crippen LogP contribution is 2.37. The molecule has 0 spiro atoms. The van der Waals surface area contributed by atoms with Gasteiger partial charge in [0.2, 0.25) is 0 Å². The minimum Gasteiger partial charge on any atom is -0.255 e. The number of hydrogen-bond donors (Lipinski definition) is 0. The number of thiophene rings is 1. The van der Waals surface area contributed by atoms with E-state index in [1.54, 1.807) is 17.5 Å². The normalized spacial score (nSPS) is 10.3. The van der Waals surface area contributed by atoms with E-state index in [1.807, 2.05) is 24.3 Å². The Morgan fingerprint density at radius 1 is 1.23 bits per heavy atom. The van der Waals surface area contributed by atoms with Crippen LogP contribution in [0, 0.1) is 0 Å². The number of hydrogen-bond acceptors (Lipinski definition) is 2. The molecule has 1 nitrogen and oxygen atoms in total. The highest BCUT2D eigenvalue weighted by molar-refractivity contribution is 9.11. The number of aromatic nitrogens is 1. The molecule has 0 saturated heterocycles. The third-order valence-electron chi connectivity index (χ3n) is 1.55. The molecular formula is C9H5Br2NS. The van der Waals surface area contributed by atoms with Gasteiger partial charge in [0.15, 0.2) is 0 Å². The zero-order valence-corrected chi connectivity index (χ0v) is 10.5. The van der Waals surface area contributed by atoms with E-state index in [0.717, 1.165) is 18.8 Å². The molecule has 0 fully saturated rings. The predicted molar refractivity (Wildman–Crippen MR) is 63.0 cm³/mol. The highest BCUT2D eigenvalue weighted by Gasteiger charge is 2.07. The summed E-state index contributed by atoms with van der Waals surface area (Å²) in [6.45, 7) is 0. The van der Waals surface area contributed by atoms with Gasteiger partial charge in [-0.25, -0.2) is 0 Å². The average Bonchev–Trinajstić information content (AvgIpc) is 2.47. The highest BCUT2D eigenvalue weighted by atomic mass is 79.9. The summed E-state index contributed by atoms with van der Waals surface area (Å²) in [4.78, 5) is 5.44. The lowest BCUT2D eigenvalue weighted by atomic mass is 10.3. The molecule has 2 aromatic rings. The first-order valence-electron chi connectivity index (χ1n) is 3.63. The predicted octanol–water partition coefficient (Wildman–Crippen LogP) is 4.34. The lowest BCUT2D eigenvalue weighted by Gasteiger charge is -1.95. The van der Waals surface area contributed by atoms with Crippen LogP contribution in [0.1, 0.15) is 0 Å². The molecule has 13 heavy (non-hydrogen) atoms. The lowest BCUT2D eigenvalue weighted by molar-refractivity contribution is 1.34. The van der Waals surface area contributed by atoms with Crippen LogP contribution in [0.4, 0.5) is 0 Å². The van der Waals surface area contributed by atoms with Crippen molar-refractivity contribution in [3.05, 3.63) is 38.7 Å². The molecule has 0 saturated carbocycles. The van der Waals surface area contributed by atoms with E-state index in [4.69, 9.17) is 0 Å². The van der Waals surface area contributed by atoms with Gasteiger partial charge >= 0.3 is 0 Å². The summed E-state index contributed by atoms with van der Waals surface area (Å²) in [6, 6.07) is 7.94. The van der Waals surface area contributed by atoms with Gasteiger partial charge in [-0.05, 0) is 50.1 Å². The van der Waals surface area contributed by atoms with Crippen LogP contribution in [0.2, 0.25) is 0 Å². The summed E-state index contributed by atoms with van der Waals surface area (Å²) in [5.41, 5.74) is 1.00. The second-order valence-electron chi connectivity index (χ2n) is 2.44. The van der Waals surface area contributed by atoms with E-state index in [9.17, 15) is 0 Å². The van der Waals surface area contributed by atoms with Crippen molar-refractivity contribution in [3.8, 4) is 10.6 Å². The average molecular weight is 319 g/mol. The molecule has 2 aromatic heterocycles. The Labute approximate surface area is 97.1 Å². The van der Waals surface area contributed by atoms with Crippen molar-refractivity contribution in [2.45, 2.75) is 0 Å². The fourth-order valence-corrected chi connectivity index (χ4v) is 3.61. The lowest BCUT2D eigenvalue weighted by Crippen LogP contribution is -1.76. The van der Waals surface area contributed by atoms with Crippen LogP contribution in [0.3, 0.4) is 0 Å². The third kappa shape index (κ3) is 2.00. The van der Waals surface area contributed by atoms with Gasteiger partial charge in [0.1, 0.15) is 0 Å². The minimum atomic E-state index is 1.00. The number of halogens is 2. The van der Waals surface area contributed by atoms with Crippen LogP contribution < -0.4 is 0 Å². The molecule has 0 atom stereocenters. The van der Waals surface area contributed by atoms with Crippen molar-refractivity contribution >= 4 is 43.2 Å². The van der Waals surface area contributed by atoms with Crippen molar-refractivity contribution in [3.63, 3.8) is 0 Å². The van der Waals surface area contributed by atoms with E-state index in [-0.39, 0.29) is 0 Å². The second kappa shape index (κ2) is 3.90. The Morgan fingerprint density at radius 2 is 2.08 bits per heavy atom. The molecule has 0 aliphatic carbocycles. The van der Waals surface area contributed by atoms with Crippen molar-refractivity contribution in [2.75, 3.05) is 0 Å². The molecule has 66 valence electrons. The van der Waals surface area contributed by atoms with Gasteiger partial charge in [-0.1, -0.05) is 6.07 Å². The largest absolute Gasteiger partial charge is 0.255 e. The van der Waals surface area contributed by atoms with E-state index in [0.29, 0.717) is 0 Å². The first-order chi connectivity index (χ1) is 6.27. The summed E-state index contributed by atoms with van der Waals surface area (Å²) in [6.07, 6.45) is 1.80. The SMILES string of the molecule is Brc1cc(Br)c(-c2ccccn2)s1. The van der Waals surface area contributed by atoms with Crippen molar-refractivity contribution in [2.24, 2.45) is 0 Å². The van der Waals surface area contributed by atoms with Gasteiger partial charge in [-0.2, -0.15) is 0 Å². The van der Waals surface area contributed by atoms with Gasteiger partial charge in [0.05, 0.1) is 14.4 Å². The van der Waals surface area contributed by atoms with Gasteiger partial charge < -0.3 is 0 Å². The van der Waals surface area contributed by atoms with Crippen LogP contribution in [-0.2, 0) is 0 Å². The maximum absolute atomic E-state index is 4.28. The van der Waals surface area contributed by atoms with Crippen LogP contribution >= 0.6 is 43.2 Å². The van der Waals surface area contributed by atoms with Crippen molar-refractivity contribution in [1.82, 2.24) is 4.98 Å². The van der Waals surface area contributed by atoms with Crippen molar-refractivity contribution < 1.29 is 0 Å². The Balaban J connectivity index is 2.53. The quantitative estimate of drug-likeness (QED) is 0.762. The monoisotopic (exact) mass is 317 g/mol. The molecule has 0 amide bonds. The van der Waals surface area contributed by atoms with Gasteiger partial charge in [-0.15, -0.1) is 11.3 Å². The zero-order valence-electron chi connectivity index (χ0n) is 6.50. The summed E-state index contributed by atoms with van der Waals surface area (Å²) in [5.74, 6) is 0. The molecule has 2 heterocycles. The van der Waals surface area contributed by atoms with E-state index in [2.05, 4.69) is 36.8 Å². The van der Waals surface area contributed by atoms with E-state index >= 15 is 0 Å². The zero-order chi connectivity index (χ0) is 9.26. The molecule has 0 N–H and O–H groups in total. The summed E-state index contributed by atoms with van der Waals surface area (Å²) < 4.78 is 2.20. The van der Waals surface area contributed by atoms with Crippen LogP contribution in [0.25, 0.3) is 10.6 Å². The third-order valence-corrected chi connectivity index (χ3v) is 4.10. The fraction of sp³-hybridized carbons (Fsp3) is 0. The van der Waals surface area contributed by atoms with Crippen LogP contribution in [0.15, 0.2) is 38.7 Å². The summed E-state index contributed by atoms with van der Waals surface area (Å²) in [5, 5.41) is 0. The molecule has 4 heteroatoms. The molecule has 2 rings (SSSR count). The van der Waals surface area contributed by atoms with Gasteiger partial charge in [0.25, 0.3) is 0 Å². The molecule has 0 unspecified atom stereocenters. The Bertz CT molecular complexity index is 411. The first-order valence-corrected chi connectivity index (χ1v) is 6.04. The standard InChI is InChI=1S/C9H5Br2NS/c10-6-5-8(11)13-9(6)7-3-1-2-4-12-7/h1-5H. The molecular weight excluding hydrogens is 314 g/mol.